The van der Waals surface area contributed by atoms with E-state index in [1.807, 2.05) is 0 Å². The van der Waals surface area contributed by atoms with E-state index in [0.29, 0.717) is 0 Å². The molecule has 1 saturated heterocycles. The third-order valence-corrected chi connectivity index (χ3v) is 3.93. The molecule has 1 aromatic rings. The van der Waals surface area contributed by atoms with Gasteiger partial charge in [-0.05, 0) is 43.0 Å². The minimum absolute atomic E-state index is 0.772. The molecule has 0 bridgehead atoms. The highest BCUT2D eigenvalue weighted by molar-refractivity contribution is 5.48. The first kappa shape index (κ1) is 13.4. The van der Waals surface area contributed by atoms with Gasteiger partial charge in [0.1, 0.15) is 0 Å². The predicted molar refractivity (Wildman–Crippen MR) is 79.1 cm³/mol. The van der Waals surface area contributed by atoms with Gasteiger partial charge in [0, 0.05) is 25.3 Å². The minimum atomic E-state index is 0.772. The lowest BCUT2D eigenvalue weighted by molar-refractivity contribution is 0.500. The Balaban J connectivity index is 1.80. The maximum Gasteiger partial charge on any atom is 0.0366 e. The fraction of sp³-hybridized carbons (Fsp3) is 0.625. The van der Waals surface area contributed by atoms with Gasteiger partial charge in [0.05, 0.1) is 0 Å². The Labute approximate surface area is 111 Å². The molecule has 2 rings (SSSR count). The van der Waals surface area contributed by atoms with E-state index in [-0.39, 0.29) is 0 Å². The maximum atomic E-state index is 3.53. The van der Waals surface area contributed by atoms with Gasteiger partial charge < -0.3 is 10.2 Å². The molecule has 1 aromatic carbocycles. The third-order valence-electron chi connectivity index (χ3n) is 3.93. The summed E-state index contributed by atoms with van der Waals surface area (Å²) in [6, 6.07) is 9.06. The van der Waals surface area contributed by atoms with Crippen LogP contribution in [0.4, 0.5) is 5.69 Å². The summed E-state index contributed by atoms with van der Waals surface area (Å²) < 4.78 is 0. The molecule has 0 spiro atoms. The molecule has 0 aliphatic carbocycles. The summed E-state index contributed by atoms with van der Waals surface area (Å²) in [6.07, 6.45) is 3.94. The van der Waals surface area contributed by atoms with Gasteiger partial charge in [-0.25, -0.2) is 0 Å². The Morgan fingerprint density at radius 2 is 1.83 bits per heavy atom. The van der Waals surface area contributed by atoms with Gasteiger partial charge in [0.15, 0.2) is 0 Å². The van der Waals surface area contributed by atoms with Crippen molar-refractivity contribution in [1.82, 2.24) is 5.32 Å². The molecule has 2 nitrogen and oxygen atoms in total. The number of hydrogen-bond acceptors (Lipinski definition) is 2. The molecule has 1 aliphatic rings. The van der Waals surface area contributed by atoms with E-state index in [2.05, 4.69) is 48.3 Å². The van der Waals surface area contributed by atoms with E-state index < -0.39 is 0 Å². The number of hydrogen-bond donors (Lipinski definition) is 1. The molecule has 1 fully saturated rings. The molecule has 1 aliphatic heterocycles. The number of nitrogens with zero attached hydrogens (tertiary/aromatic N) is 1. The van der Waals surface area contributed by atoms with Crippen LogP contribution in [-0.4, -0.2) is 19.6 Å². The quantitative estimate of drug-likeness (QED) is 0.827. The number of benzene rings is 1. The van der Waals surface area contributed by atoms with Crippen LogP contribution in [-0.2, 0) is 6.54 Å². The van der Waals surface area contributed by atoms with Crippen LogP contribution >= 0.6 is 0 Å². The second kappa shape index (κ2) is 6.79. The second-order valence-corrected chi connectivity index (χ2v) is 5.50. The minimum Gasteiger partial charge on any atom is -0.372 e. The van der Waals surface area contributed by atoms with Gasteiger partial charge in [0.25, 0.3) is 0 Å². The molecule has 0 saturated carbocycles. The van der Waals surface area contributed by atoms with Crippen LogP contribution < -0.4 is 10.2 Å². The predicted octanol–water partition coefficient (Wildman–Crippen LogP) is 3.42. The normalized spacial score (nSPS) is 17.1. The van der Waals surface area contributed by atoms with Crippen LogP contribution in [0.3, 0.4) is 0 Å². The smallest absolute Gasteiger partial charge is 0.0366 e. The average Bonchev–Trinajstić information content (AvgIpc) is 2.93. The van der Waals surface area contributed by atoms with Crippen molar-refractivity contribution in [3.05, 3.63) is 29.8 Å². The largest absolute Gasteiger partial charge is 0.372 e. The lowest BCUT2D eigenvalue weighted by Gasteiger charge is -2.18. The Morgan fingerprint density at radius 3 is 2.44 bits per heavy atom. The van der Waals surface area contributed by atoms with Crippen molar-refractivity contribution >= 4 is 5.69 Å². The van der Waals surface area contributed by atoms with Crippen LogP contribution in [0, 0.1) is 5.92 Å². The Kier molecular flexibility index (Phi) is 5.06. The monoisotopic (exact) mass is 246 g/mol. The SMILES string of the molecule is CCC(C)CNCc1ccc(N2CCCC2)cc1. The van der Waals surface area contributed by atoms with Crippen LogP contribution in [0.5, 0.6) is 0 Å². The fourth-order valence-electron chi connectivity index (χ4n) is 2.41. The number of rotatable bonds is 6. The topological polar surface area (TPSA) is 15.3 Å². The van der Waals surface area contributed by atoms with Crippen molar-refractivity contribution in [1.29, 1.82) is 0 Å². The summed E-state index contributed by atoms with van der Waals surface area (Å²) in [5.41, 5.74) is 2.78. The summed E-state index contributed by atoms with van der Waals surface area (Å²) in [5, 5.41) is 3.53. The van der Waals surface area contributed by atoms with Gasteiger partial charge in [-0.1, -0.05) is 32.4 Å². The Morgan fingerprint density at radius 1 is 1.17 bits per heavy atom. The molecular formula is C16H26N2. The average molecular weight is 246 g/mol. The first-order chi connectivity index (χ1) is 8.79. The highest BCUT2D eigenvalue weighted by atomic mass is 15.1. The molecule has 2 heteroatoms. The molecule has 1 unspecified atom stereocenters. The second-order valence-electron chi connectivity index (χ2n) is 5.50. The molecule has 0 aromatic heterocycles. The molecule has 1 atom stereocenters. The van der Waals surface area contributed by atoms with Crippen molar-refractivity contribution in [3.63, 3.8) is 0 Å². The van der Waals surface area contributed by atoms with Gasteiger partial charge in [-0.2, -0.15) is 0 Å². The van der Waals surface area contributed by atoms with Crippen molar-refractivity contribution < 1.29 is 0 Å². The van der Waals surface area contributed by atoms with E-state index in [0.717, 1.165) is 19.0 Å². The van der Waals surface area contributed by atoms with Crippen LogP contribution in [0.15, 0.2) is 24.3 Å². The van der Waals surface area contributed by atoms with E-state index in [9.17, 15) is 0 Å². The molecule has 0 radical (unpaired) electrons. The highest BCUT2D eigenvalue weighted by Crippen LogP contribution is 2.20. The third kappa shape index (κ3) is 3.74. The first-order valence-corrected chi connectivity index (χ1v) is 7.34. The molecule has 0 amide bonds. The zero-order valence-corrected chi connectivity index (χ0v) is 11.8. The first-order valence-electron chi connectivity index (χ1n) is 7.34. The Hall–Kier alpha value is -1.02. The van der Waals surface area contributed by atoms with Crippen molar-refractivity contribution in [2.24, 2.45) is 5.92 Å². The van der Waals surface area contributed by atoms with Gasteiger partial charge >= 0.3 is 0 Å². The molecule has 100 valence electrons. The maximum absolute atomic E-state index is 3.53. The summed E-state index contributed by atoms with van der Waals surface area (Å²) in [6.45, 7) is 9.10. The van der Waals surface area contributed by atoms with Crippen molar-refractivity contribution in [2.45, 2.75) is 39.7 Å². The standard InChI is InChI=1S/C16H26N2/c1-3-14(2)12-17-13-15-6-8-16(9-7-15)18-10-4-5-11-18/h6-9,14,17H,3-5,10-13H2,1-2H3. The van der Waals surface area contributed by atoms with E-state index >= 15 is 0 Å². The van der Waals surface area contributed by atoms with Gasteiger partial charge in [-0.3, -0.25) is 0 Å². The fourth-order valence-corrected chi connectivity index (χ4v) is 2.41. The number of anilines is 1. The zero-order valence-electron chi connectivity index (χ0n) is 11.8. The van der Waals surface area contributed by atoms with Crippen molar-refractivity contribution in [3.8, 4) is 0 Å². The van der Waals surface area contributed by atoms with Crippen LogP contribution in [0.2, 0.25) is 0 Å². The van der Waals surface area contributed by atoms with E-state index in [4.69, 9.17) is 0 Å². The van der Waals surface area contributed by atoms with Crippen LogP contribution in [0.1, 0.15) is 38.7 Å². The lowest BCUT2D eigenvalue weighted by Crippen LogP contribution is -2.20. The summed E-state index contributed by atoms with van der Waals surface area (Å²) in [4.78, 5) is 2.48. The van der Waals surface area contributed by atoms with Gasteiger partial charge in [0.2, 0.25) is 0 Å². The number of nitrogens with one attached hydrogen (secondary N) is 1. The molecule has 18 heavy (non-hydrogen) atoms. The highest BCUT2D eigenvalue weighted by Gasteiger charge is 2.11. The van der Waals surface area contributed by atoms with Crippen molar-refractivity contribution in [2.75, 3.05) is 24.5 Å². The van der Waals surface area contributed by atoms with E-state index in [1.165, 1.54) is 43.6 Å². The lowest BCUT2D eigenvalue weighted by atomic mass is 10.1. The molecule has 1 N–H and O–H groups in total. The summed E-state index contributed by atoms with van der Waals surface area (Å²) >= 11 is 0. The zero-order chi connectivity index (χ0) is 12.8. The summed E-state index contributed by atoms with van der Waals surface area (Å²) in [5.74, 6) is 0.772. The van der Waals surface area contributed by atoms with E-state index in [1.54, 1.807) is 0 Å². The van der Waals surface area contributed by atoms with Crippen LogP contribution in [0.25, 0.3) is 0 Å². The summed E-state index contributed by atoms with van der Waals surface area (Å²) in [7, 11) is 0. The Bertz CT molecular complexity index is 339. The molecule has 1 heterocycles. The molecular weight excluding hydrogens is 220 g/mol. The van der Waals surface area contributed by atoms with Gasteiger partial charge in [-0.15, -0.1) is 0 Å².